The van der Waals surface area contributed by atoms with Crippen LogP contribution in [-0.2, 0) is 11.2 Å². The lowest BCUT2D eigenvalue weighted by molar-refractivity contribution is -0.122. The van der Waals surface area contributed by atoms with Crippen LogP contribution in [0.2, 0.25) is 0 Å². The second kappa shape index (κ2) is 6.72. The number of hydrogen-bond donors (Lipinski definition) is 2. The number of nitrogens with two attached hydrogens (primary N) is 1. The highest BCUT2D eigenvalue weighted by molar-refractivity contribution is 5.82. The van der Waals surface area contributed by atoms with Crippen molar-refractivity contribution < 1.29 is 4.79 Å². The third-order valence-electron chi connectivity index (χ3n) is 2.56. The maximum Gasteiger partial charge on any atom is 0.238 e. The molecule has 0 aliphatic heterocycles. The van der Waals surface area contributed by atoms with Gasteiger partial charge in [-0.2, -0.15) is 0 Å². The summed E-state index contributed by atoms with van der Waals surface area (Å²) in [6, 6.07) is 8.90. The second-order valence-corrected chi connectivity index (χ2v) is 3.93. The maximum absolute atomic E-state index is 11.7. The molecule has 0 aromatic heterocycles. The molecule has 0 saturated heterocycles. The third-order valence-corrected chi connectivity index (χ3v) is 2.56. The summed E-state index contributed by atoms with van der Waals surface area (Å²) >= 11 is 0. The Labute approximate surface area is 102 Å². The summed E-state index contributed by atoms with van der Waals surface area (Å²) in [5.74, 6) is 2.32. The highest BCUT2D eigenvalue weighted by atomic mass is 16.2. The number of rotatable bonds is 5. The molecule has 1 aromatic rings. The van der Waals surface area contributed by atoms with Crippen LogP contribution in [0, 0.1) is 12.3 Å². The zero-order valence-corrected chi connectivity index (χ0v) is 10.0. The quantitative estimate of drug-likeness (QED) is 0.744. The molecule has 0 aliphatic carbocycles. The fraction of sp³-hybridized carbons (Fsp3) is 0.357. The Morgan fingerprint density at radius 2 is 2.12 bits per heavy atom. The van der Waals surface area contributed by atoms with Crippen LogP contribution in [0.5, 0.6) is 0 Å². The maximum atomic E-state index is 11.7. The Morgan fingerprint density at radius 1 is 1.47 bits per heavy atom. The van der Waals surface area contributed by atoms with Crippen molar-refractivity contribution >= 4 is 5.91 Å². The molecule has 3 N–H and O–H groups in total. The summed E-state index contributed by atoms with van der Waals surface area (Å²) < 4.78 is 0. The van der Waals surface area contributed by atoms with E-state index in [0.29, 0.717) is 12.8 Å². The van der Waals surface area contributed by atoms with Crippen LogP contribution in [0.1, 0.15) is 18.9 Å². The van der Waals surface area contributed by atoms with E-state index >= 15 is 0 Å². The molecule has 0 bridgehead atoms. The number of hydrogen-bond acceptors (Lipinski definition) is 2. The minimum Gasteiger partial charge on any atom is -0.341 e. The van der Waals surface area contributed by atoms with E-state index in [9.17, 15) is 4.79 Å². The average molecular weight is 230 g/mol. The van der Waals surface area contributed by atoms with Gasteiger partial charge in [-0.05, 0) is 18.4 Å². The fourth-order valence-electron chi connectivity index (χ4n) is 1.50. The smallest absolute Gasteiger partial charge is 0.238 e. The van der Waals surface area contributed by atoms with E-state index in [0.717, 1.165) is 5.56 Å². The van der Waals surface area contributed by atoms with E-state index in [1.54, 1.807) is 0 Å². The third kappa shape index (κ3) is 4.29. The molecule has 1 rings (SSSR count). The molecule has 3 nitrogen and oxygen atoms in total. The van der Waals surface area contributed by atoms with Gasteiger partial charge in [0.05, 0.1) is 12.1 Å². The van der Waals surface area contributed by atoms with Gasteiger partial charge in [-0.1, -0.05) is 43.2 Å². The number of amides is 1. The molecule has 0 spiro atoms. The zero-order valence-electron chi connectivity index (χ0n) is 10.0. The predicted molar refractivity (Wildman–Crippen MR) is 69.2 cm³/mol. The van der Waals surface area contributed by atoms with Crippen molar-refractivity contribution in [2.24, 2.45) is 5.73 Å². The summed E-state index contributed by atoms with van der Waals surface area (Å²) in [5.41, 5.74) is 6.87. The number of benzene rings is 1. The van der Waals surface area contributed by atoms with Crippen molar-refractivity contribution in [2.75, 3.05) is 0 Å². The summed E-state index contributed by atoms with van der Waals surface area (Å²) in [7, 11) is 0. The number of carbonyl (C=O) groups excluding carboxylic acids is 1. The van der Waals surface area contributed by atoms with Crippen LogP contribution in [-0.4, -0.2) is 18.0 Å². The number of carbonyl (C=O) groups is 1. The Hall–Kier alpha value is -1.79. The van der Waals surface area contributed by atoms with E-state index in [1.165, 1.54) is 0 Å². The topological polar surface area (TPSA) is 55.1 Å². The number of terminal acetylenes is 1. The Kier molecular flexibility index (Phi) is 5.25. The zero-order chi connectivity index (χ0) is 12.7. The van der Waals surface area contributed by atoms with Gasteiger partial charge >= 0.3 is 0 Å². The first kappa shape index (κ1) is 13.3. The van der Waals surface area contributed by atoms with Gasteiger partial charge in [-0.25, -0.2) is 0 Å². The van der Waals surface area contributed by atoms with E-state index in [1.807, 2.05) is 37.3 Å². The minimum atomic E-state index is -0.556. The van der Waals surface area contributed by atoms with Crippen LogP contribution < -0.4 is 11.1 Å². The Balaban J connectivity index is 2.51. The van der Waals surface area contributed by atoms with E-state index < -0.39 is 6.04 Å². The van der Waals surface area contributed by atoms with Gasteiger partial charge in [0, 0.05) is 0 Å². The predicted octanol–water partition coefficient (Wildman–Crippen LogP) is 1.08. The van der Waals surface area contributed by atoms with Gasteiger partial charge in [0.2, 0.25) is 5.91 Å². The molecular weight excluding hydrogens is 212 g/mol. The van der Waals surface area contributed by atoms with Crippen molar-refractivity contribution in [1.82, 2.24) is 5.32 Å². The molecule has 90 valence electrons. The van der Waals surface area contributed by atoms with Crippen LogP contribution >= 0.6 is 0 Å². The lowest BCUT2D eigenvalue weighted by Gasteiger charge is -2.15. The SMILES string of the molecule is C#CC(CC)NC(=O)[C@H](N)Cc1ccccc1. The number of nitrogens with one attached hydrogen (secondary N) is 1. The Morgan fingerprint density at radius 3 is 2.65 bits per heavy atom. The standard InChI is InChI=1S/C14H18N2O/c1-3-12(4-2)16-14(17)13(15)10-11-8-6-5-7-9-11/h1,5-9,12-13H,4,10,15H2,2H3,(H,16,17)/t12?,13-/m1/s1. The molecule has 1 unspecified atom stereocenters. The lowest BCUT2D eigenvalue weighted by Crippen LogP contribution is -2.45. The molecule has 1 amide bonds. The minimum absolute atomic E-state index is 0.196. The molecule has 0 fully saturated rings. The van der Waals surface area contributed by atoms with Gasteiger partial charge in [0.15, 0.2) is 0 Å². The first-order valence-electron chi connectivity index (χ1n) is 5.73. The van der Waals surface area contributed by atoms with E-state index in [-0.39, 0.29) is 11.9 Å². The van der Waals surface area contributed by atoms with Crippen LogP contribution in [0.4, 0.5) is 0 Å². The first-order chi connectivity index (χ1) is 8.17. The normalized spacial score (nSPS) is 13.5. The summed E-state index contributed by atoms with van der Waals surface area (Å²) in [6.07, 6.45) is 6.51. The van der Waals surface area contributed by atoms with Crippen LogP contribution in [0.15, 0.2) is 30.3 Å². The van der Waals surface area contributed by atoms with Crippen molar-refractivity contribution in [2.45, 2.75) is 31.8 Å². The molecule has 1 aromatic carbocycles. The molecule has 0 heterocycles. The Bertz CT molecular complexity index is 394. The van der Waals surface area contributed by atoms with E-state index in [2.05, 4.69) is 11.2 Å². The highest BCUT2D eigenvalue weighted by Gasteiger charge is 2.16. The molecule has 0 saturated carbocycles. The summed E-state index contributed by atoms with van der Waals surface area (Å²) in [4.78, 5) is 11.7. The molecule has 0 aliphatic rings. The highest BCUT2D eigenvalue weighted by Crippen LogP contribution is 2.02. The van der Waals surface area contributed by atoms with Gasteiger partial charge in [0.25, 0.3) is 0 Å². The largest absolute Gasteiger partial charge is 0.341 e. The second-order valence-electron chi connectivity index (χ2n) is 3.93. The average Bonchev–Trinajstić information content (AvgIpc) is 2.36. The van der Waals surface area contributed by atoms with Gasteiger partial charge < -0.3 is 11.1 Å². The van der Waals surface area contributed by atoms with Crippen molar-refractivity contribution in [1.29, 1.82) is 0 Å². The molecular formula is C14H18N2O. The summed E-state index contributed by atoms with van der Waals surface area (Å²) in [6.45, 7) is 1.92. The van der Waals surface area contributed by atoms with Gasteiger partial charge in [0.1, 0.15) is 0 Å². The molecule has 2 atom stereocenters. The summed E-state index contributed by atoms with van der Waals surface area (Å²) in [5, 5.41) is 2.74. The van der Waals surface area contributed by atoms with Crippen molar-refractivity contribution in [3.05, 3.63) is 35.9 Å². The van der Waals surface area contributed by atoms with E-state index in [4.69, 9.17) is 12.2 Å². The van der Waals surface area contributed by atoms with Crippen LogP contribution in [0.3, 0.4) is 0 Å². The molecule has 0 radical (unpaired) electrons. The van der Waals surface area contributed by atoms with Crippen molar-refractivity contribution in [3.63, 3.8) is 0 Å². The first-order valence-corrected chi connectivity index (χ1v) is 5.73. The van der Waals surface area contributed by atoms with Crippen molar-refractivity contribution in [3.8, 4) is 12.3 Å². The fourth-order valence-corrected chi connectivity index (χ4v) is 1.50. The molecule has 3 heteroatoms. The monoisotopic (exact) mass is 230 g/mol. The lowest BCUT2D eigenvalue weighted by atomic mass is 10.1. The van der Waals surface area contributed by atoms with Gasteiger partial charge in [-0.3, -0.25) is 4.79 Å². The molecule has 17 heavy (non-hydrogen) atoms. The van der Waals surface area contributed by atoms with Gasteiger partial charge in [-0.15, -0.1) is 6.42 Å². The van der Waals surface area contributed by atoms with Crippen LogP contribution in [0.25, 0.3) is 0 Å².